The molecule has 0 unspecified atom stereocenters. The number of hydrogen-bond acceptors (Lipinski definition) is 7. The normalized spacial score (nSPS) is 10.6. The smallest absolute Gasteiger partial charge is 0.292 e. The van der Waals surface area contributed by atoms with Gasteiger partial charge in [0.1, 0.15) is 5.75 Å². The van der Waals surface area contributed by atoms with Crippen LogP contribution in [0.25, 0.3) is 0 Å². The zero-order valence-corrected chi connectivity index (χ0v) is 17.9. The van der Waals surface area contributed by atoms with Crippen LogP contribution in [-0.2, 0) is 11.3 Å². The van der Waals surface area contributed by atoms with Crippen molar-refractivity contribution in [1.29, 1.82) is 0 Å². The fourth-order valence-electron chi connectivity index (χ4n) is 2.18. The third-order valence-corrected chi connectivity index (χ3v) is 5.23. The second kappa shape index (κ2) is 9.40. The summed E-state index contributed by atoms with van der Waals surface area (Å²) in [6.07, 6.45) is 1.63. The van der Waals surface area contributed by atoms with Crippen LogP contribution < -0.4 is 15.6 Å². The molecule has 0 saturated heterocycles. The molecule has 2 amide bonds. The van der Waals surface area contributed by atoms with Crippen LogP contribution in [0.5, 0.6) is 5.75 Å². The maximum absolute atomic E-state index is 12.3. The molecule has 0 aliphatic rings. The number of aromatic nitrogens is 4. The number of halogens is 3. The SMILES string of the molecule is Cc1c(C(=O)NNC(=O)COc2ccc(Cl)cc2Cl)nnn1Cc1cnc(Cl)s1. The predicted molar refractivity (Wildman–Crippen MR) is 109 cm³/mol. The molecule has 152 valence electrons. The topological polar surface area (TPSA) is 111 Å². The van der Waals surface area contributed by atoms with Crippen molar-refractivity contribution in [2.24, 2.45) is 0 Å². The van der Waals surface area contributed by atoms with Gasteiger partial charge in [0.2, 0.25) is 0 Å². The van der Waals surface area contributed by atoms with Crippen molar-refractivity contribution < 1.29 is 14.3 Å². The predicted octanol–water partition coefficient (Wildman–Crippen LogP) is 2.89. The highest BCUT2D eigenvalue weighted by Crippen LogP contribution is 2.27. The number of nitrogens with zero attached hydrogens (tertiary/aromatic N) is 4. The minimum atomic E-state index is -0.617. The van der Waals surface area contributed by atoms with Gasteiger partial charge in [-0.15, -0.1) is 16.4 Å². The van der Waals surface area contributed by atoms with Crippen LogP contribution >= 0.6 is 46.1 Å². The second-order valence-electron chi connectivity index (χ2n) is 5.63. The number of benzene rings is 1. The van der Waals surface area contributed by atoms with Crippen molar-refractivity contribution in [3.05, 3.63) is 55.2 Å². The number of hydrazine groups is 1. The molecule has 0 saturated carbocycles. The Hall–Kier alpha value is -2.40. The number of carbonyl (C=O) groups is 2. The molecular formula is C16H13Cl3N6O3S. The summed E-state index contributed by atoms with van der Waals surface area (Å²) >= 11 is 18.9. The van der Waals surface area contributed by atoms with Crippen molar-refractivity contribution in [3.8, 4) is 5.75 Å². The van der Waals surface area contributed by atoms with Crippen molar-refractivity contribution in [2.75, 3.05) is 6.61 Å². The lowest BCUT2D eigenvalue weighted by molar-refractivity contribution is -0.123. The Labute approximate surface area is 183 Å². The van der Waals surface area contributed by atoms with E-state index >= 15 is 0 Å². The van der Waals surface area contributed by atoms with Crippen molar-refractivity contribution >= 4 is 58.0 Å². The van der Waals surface area contributed by atoms with Gasteiger partial charge in [0.25, 0.3) is 11.8 Å². The van der Waals surface area contributed by atoms with E-state index in [1.807, 2.05) is 0 Å². The van der Waals surface area contributed by atoms with Crippen LogP contribution in [0, 0.1) is 6.92 Å². The van der Waals surface area contributed by atoms with Gasteiger partial charge in [-0.1, -0.05) is 40.0 Å². The maximum Gasteiger partial charge on any atom is 0.292 e. The maximum atomic E-state index is 12.3. The van der Waals surface area contributed by atoms with Gasteiger partial charge in [-0.25, -0.2) is 9.67 Å². The summed E-state index contributed by atoms with van der Waals surface area (Å²) in [5, 5.41) is 8.50. The number of hydrogen-bond donors (Lipinski definition) is 2. The zero-order valence-electron chi connectivity index (χ0n) is 14.8. The molecule has 0 spiro atoms. The molecule has 29 heavy (non-hydrogen) atoms. The highest BCUT2D eigenvalue weighted by molar-refractivity contribution is 7.15. The number of ether oxygens (including phenoxy) is 1. The third kappa shape index (κ3) is 5.57. The molecule has 2 heterocycles. The van der Waals surface area contributed by atoms with Gasteiger partial charge in [0, 0.05) is 16.1 Å². The molecule has 9 nitrogen and oxygen atoms in total. The van der Waals surface area contributed by atoms with Crippen LogP contribution in [0.2, 0.25) is 14.5 Å². The van der Waals surface area contributed by atoms with Crippen molar-refractivity contribution in [2.45, 2.75) is 13.5 Å². The van der Waals surface area contributed by atoms with Gasteiger partial charge in [0.15, 0.2) is 16.8 Å². The van der Waals surface area contributed by atoms with E-state index in [4.69, 9.17) is 39.5 Å². The summed E-state index contributed by atoms with van der Waals surface area (Å²) in [4.78, 5) is 29.0. The quantitative estimate of drug-likeness (QED) is 0.530. The monoisotopic (exact) mass is 474 g/mol. The highest BCUT2D eigenvalue weighted by atomic mass is 35.5. The van der Waals surface area contributed by atoms with E-state index in [1.54, 1.807) is 19.2 Å². The van der Waals surface area contributed by atoms with Gasteiger partial charge in [0.05, 0.1) is 17.3 Å². The molecule has 3 rings (SSSR count). The number of rotatable bonds is 6. The van der Waals surface area contributed by atoms with E-state index in [-0.39, 0.29) is 17.3 Å². The number of carbonyl (C=O) groups excluding carboxylic acids is 2. The molecule has 2 N–H and O–H groups in total. The molecule has 0 aliphatic heterocycles. The molecule has 0 aliphatic carbocycles. The average molecular weight is 476 g/mol. The van der Waals surface area contributed by atoms with E-state index in [1.165, 1.54) is 28.2 Å². The van der Waals surface area contributed by atoms with Gasteiger partial charge in [-0.05, 0) is 25.1 Å². The van der Waals surface area contributed by atoms with Crippen LogP contribution in [0.15, 0.2) is 24.4 Å². The standard InChI is InChI=1S/C16H13Cl3N6O3S/c1-8-14(22-24-25(8)6-10-5-20-16(19)29-10)15(27)23-21-13(26)7-28-12-3-2-9(17)4-11(12)18/h2-5H,6-7H2,1H3,(H,21,26)(H,23,27). The Morgan fingerprint density at radius 2 is 2.03 bits per heavy atom. The fraction of sp³-hybridized carbons (Fsp3) is 0.188. The molecule has 0 fully saturated rings. The first kappa shape index (κ1) is 21.3. The molecule has 0 radical (unpaired) electrons. The Morgan fingerprint density at radius 3 is 2.72 bits per heavy atom. The molecule has 1 aromatic carbocycles. The average Bonchev–Trinajstić information content (AvgIpc) is 3.25. The van der Waals surface area contributed by atoms with E-state index in [0.29, 0.717) is 27.5 Å². The molecular weight excluding hydrogens is 463 g/mol. The molecule has 2 aromatic heterocycles. The van der Waals surface area contributed by atoms with Crippen LogP contribution in [-0.4, -0.2) is 38.4 Å². The molecule has 13 heteroatoms. The Morgan fingerprint density at radius 1 is 1.24 bits per heavy atom. The number of thiazole rings is 1. The van der Waals surface area contributed by atoms with Crippen LogP contribution in [0.1, 0.15) is 21.1 Å². The fourth-order valence-corrected chi connectivity index (χ4v) is 3.61. The summed E-state index contributed by atoms with van der Waals surface area (Å²) in [6.45, 7) is 1.70. The summed E-state index contributed by atoms with van der Waals surface area (Å²) in [5.41, 5.74) is 5.09. The summed E-state index contributed by atoms with van der Waals surface area (Å²) in [6, 6.07) is 4.60. The lowest BCUT2D eigenvalue weighted by Crippen LogP contribution is -2.44. The minimum Gasteiger partial charge on any atom is -0.482 e. The lowest BCUT2D eigenvalue weighted by atomic mass is 10.3. The van der Waals surface area contributed by atoms with Crippen molar-refractivity contribution in [3.63, 3.8) is 0 Å². The Bertz CT molecular complexity index is 1050. The lowest BCUT2D eigenvalue weighted by Gasteiger charge is -2.09. The summed E-state index contributed by atoms with van der Waals surface area (Å²) in [7, 11) is 0. The van der Waals surface area contributed by atoms with Gasteiger partial charge in [-0.3, -0.25) is 20.4 Å². The molecule has 0 atom stereocenters. The van der Waals surface area contributed by atoms with E-state index in [9.17, 15) is 9.59 Å². The third-order valence-electron chi connectivity index (χ3n) is 3.60. The zero-order chi connectivity index (χ0) is 21.0. The minimum absolute atomic E-state index is 0.0718. The number of nitrogens with one attached hydrogen (secondary N) is 2. The van der Waals surface area contributed by atoms with E-state index in [2.05, 4.69) is 26.1 Å². The first-order valence-corrected chi connectivity index (χ1v) is 9.96. The number of amides is 2. The Kier molecular flexibility index (Phi) is 6.91. The van der Waals surface area contributed by atoms with Crippen LogP contribution in [0.4, 0.5) is 0 Å². The highest BCUT2D eigenvalue weighted by Gasteiger charge is 2.18. The summed E-state index contributed by atoms with van der Waals surface area (Å²) in [5.74, 6) is -0.915. The first-order chi connectivity index (χ1) is 13.8. The molecule has 3 aromatic rings. The largest absolute Gasteiger partial charge is 0.482 e. The first-order valence-electron chi connectivity index (χ1n) is 8.01. The van der Waals surface area contributed by atoms with Crippen molar-refractivity contribution in [1.82, 2.24) is 30.8 Å². The second-order valence-corrected chi connectivity index (χ2v) is 8.17. The van der Waals surface area contributed by atoms with Gasteiger partial charge >= 0.3 is 0 Å². The Balaban J connectivity index is 1.51. The molecule has 0 bridgehead atoms. The van der Waals surface area contributed by atoms with E-state index < -0.39 is 11.8 Å². The van der Waals surface area contributed by atoms with Gasteiger partial charge in [-0.2, -0.15) is 0 Å². The van der Waals surface area contributed by atoms with Crippen LogP contribution in [0.3, 0.4) is 0 Å². The van der Waals surface area contributed by atoms with Gasteiger partial charge < -0.3 is 4.74 Å². The van der Waals surface area contributed by atoms with E-state index in [0.717, 1.165) is 4.88 Å². The summed E-state index contributed by atoms with van der Waals surface area (Å²) < 4.78 is 7.24.